The van der Waals surface area contributed by atoms with Crippen molar-refractivity contribution in [3.63, 3.8) is 0 Å². The molecule has 3 nitrogen and oxygen atoms in total. The molecule has 1 amide bonds. The van der Waals surface area contributed by atoms with E-state index in [9.17, 15) is 22.4 Å². The van der Waals surface area contributed by atoms with Crippen molar-refractivity contribution < 1.29 is 22.4 Å². The fraction of sp³-hybridized carbons (Fsp3) is 0.500. The highest BCUT2D eigenvalue weighted by atomic mass is 35.5. The molecule has 1 aromatic carbocycles. The Morgan fingerprint density at radius 2 is 2.04 bits per heavy atom. The Balaban J connectivity index is 0.00000264. The van der Waals surface area contributed by atoms with Crippen LogP contribution in [0.1, 0.15) is 5.56 Å². The monoisotopic (exact) mass is 374 g/mol. The van der Waals surface area contributed by atoms with Gasteiger partial charge in [0.1, 0.15) is 5.82 Å². The number of carbonyl (C=O) groups is 1. The van der Waals surface area contributed by atoms with Crippen molar-refractivity contribution >= 4 is 29.9 Å². The molecule has 23 heavy (non-hydrogen) atoms. The lowest BCUT2D eigenvalue weighted by molar-refractivity contribution is -0.182. The number of carbonyl (C=O) groups excluding carboxylic acids is 1. The van der Waals surface area contributed by atoms with Crippen LogP contribution in [0.25, 0.3) is 0 Å². The minimum absolute atomic E-state index is 0. The van der Waals surface area contributed by atoms with Crippen LogP contribution >= 0.6 is 24.0 Å². The molecular weight excluding hydrogens is 359 g/mol. The topological polar surface area (TPSA) is 41.1 Å². The number of hydrogen-bond donors (Lipinski definition) is 2. The van der Waals surface area contributed by atoms with E-state index in [4.69, 9.17) is 11.6 Å². The van der Waals surface area contributed by atoms with Gasteiger partial charge in [-0.25, -0.2) is 4.39 Å². The minimum Gasteiger partial charge on any atom is -0.355 e. The SMILES string of the molecule is Cl.O=C(NCCc1ccc(F)cc1Cl)[C@@H]1CNC[C@H]1C(F)(F)F. The van der Waals surface area contributed by atoms with Crippen LogP contribution in [0.4, 0.5) is 17.6 Å². The van der Waals surface area contributed by atoms with Gasteiger partial charge in [0.2, 0.25) is 5.91 Å². The Labute approximate surface area is 142 Å². The highest BCUT2D eigenvalue weighted by Crippen LogP contribution is 2.34. The predicted octanol–water partition coefficient (Wildman–Crippen LogP) is 2.96. The molecule has 0 aliphatic carbocycles. The van der Waals surface area contributed by atoms with E-state index < -0.39 is 29.7 Å². The molecule has 0 radical (unpaired) electrons. The van der Waals surface area contributed by atoms with Crippen molar-refractivity contribution in [1.29, 1.82) is 0 Å². The summed E-state index contributed by atoms with van der Waals surface area (Å²) in [6, 6.07) is 3.88. The fourth-order valence-electron chi connectivity index (χ4n) is 2.47. The third-order valence-electron chi connectivity index (χ3n) is 3.68. The van der Waals surface area contributed by atoms with Gasteiger partial charge in [0.25, 0.3) is 0 Å². The van der Waals surface area contributed by atoms with Crippen LogP contribution in [-0.4, -0.2) is 31.7 Å². The first-order chi connectivity index (χ1) is 10.3. The molecule has 1 heterocycles. The lowest BCUT2D eigenvalue weighted by Gasteiger charge is -2.20. The molecule has 1 aliphatic heterocycles. The summed E-state index contributed by atoms with van der Waals surface area (Å²) in [7, 11) is 0. The first-order valence-electron chi connectivity index (χ1n) is 6.78. The standard InChI is InChI=1S/C14H15ClF4N2O.ClH/c15-12-5-9(16)2-1-8(12)3-4-21-13(22)10-6-20-7-11(10)14(17,18)19;/h1-2,5,10-11,20H,3-4,6-7H2,(H,21,22);1H/t10-,11-;/m1./s1. The molecule has 130 valence electrons. The summed E-state index contributed by atoms with van der Waals surface area (Å²) in [5.74, 6) is -3.89. The van der Waals surface area contributed by atoms with Crippen LogP contribution in [0.15, 0.2) is 18.2 Å². The van der Waals surface area contributed by atoms with Crippen LogP contribution < -0.4 is 10.6 Å². The summed E-state index contributed by atoms with van der Waals surface area (Å²) in [6.07, 6.45) is -4.08. The van der Waals surface area contributed by atoms with Crippen LogP contribution in [0.3, 0.4) is 0 Å². The number of alkyl halides is 3. The van der Waals surface area contributed by atoms with Crippen LogP contribution in [0.5, 0.6) is 0 Å². The molecule has 1 aromatic rings. The number of halogens is 6. The van der Waals surface area contributed by atoms with Crippen molar-refractivity contribution in [2.24, 2.45) is 11.8 Å². The average Bonchev–Trinajstić information content (AvgIpc) is 2.90. The molecule has 0 unspecified atom stereocenters. The smallest absolute Gasteiger partial charge is 0.355 e. The average molecular weight is 375 g/mol. The van der Waals surface area contributed by atoms with E-state index in [1.54, 1.807) is 0 Å². The molecule has 2 rings (SSSR count). The first-order valence-corrected chi connectivity index (χ1v) is 7.16. The van der Waals surface area contributed by atoms with Gasteiger partial charge in [-0.15, -0.1) is 12.4 Å². The Morgan fingerprint density at radius 1 is 1.35 bits per heavy atom. The lowest BCUT2D eigenvalue weighted by Crippen LogP contribution is -2.40. The normalized spacial score (nSPS) is 20.9. The molecule has 2 atom stereocenters. The molecule has 0 spiro atoms. The molecule has 0 bridgehead atoms. The molecule has 1 aliphatic rings. The zero-order valence-corrected chi connectivity index (χ0v) is 13.5. The van der Waals surface area contributed by atoms with Crippen molar-refractivity contribution in [1.82, 2.24) is 10.6 Å². The summed E-state index contributed by atoms with van der Waals surface area (Å²) in [4.78, 5) is 11.9. The van der Waals surface area contributed by atoms with E-state index in [0.29, 0.717) is 12.0 Å². The highest BCUT2D eigenvalue weighted by Gasteiger charge is 2.49. The molecule has 0 aromatic heterocycles. The molecular formula is C14H16Cl2F4N2O. The number of nitrogens with one attached hydrogen (secondary N) is 2. The highest BCUT2D eigenvalue weighted by molar-refractivity contribution is 6.31. The van der Waals surface area contributed by atoms with E-state index >= 15 is 0 Å². The summed E-state index contributed by atoms with van der Waals surface area (Å²) in [5, 5.41) is 5.30. The van der Waals surface area contributed by atoms with Crippen molar-refractivity contribution in [2.45, 2.75) is 12.6 Å². The molecule has 0 saturated carbocycles. The second-order valence-electron chi connectivity index (χ2n) is 5.19. The second kappa shape index (κ2) is 8.17. The van der Waals surface area contributed by atoms with Crippen LogP contribution in [0, 0.1) is 17.7 Å². The number of hydrogen-bond acceptors (Lipinski definition) is 2. The number of benzene rings is 1. The Morgan fingerprint density at radius 3 is 2.65 bits per heavy atom. The second-order valence-corrected chi connectivity index (χ2v) is 5.60. The molecule has 1 fully saturated rings. The van der Waals surface area contributed by atoms with Gasteiger partial charge in [0.15, 0.2) is 0 Å². The maximum absolute atomic E-state index is 12.9. The van der Waals surface area contributed by atoms with Gasteiger partial charge < -0.3 is 10.6 Å². The van der Waals surface area contributed by atoms with Crippen LogP contribution in [0.2, 0.25) is 5.02 Å². The maximum atomic E-state index is 12.9. The Hall–Kier alpha value is -1.05. The largest absolute Gasteiger partial charge is 0.393 e. The summed E-state index contributed by atoms with van der Waals surface area (Å²) in [6.45, 7) is -0.0933. The number of rotatable bonds is 4. The van der Waals surface area contributed by atoms with Gasteiger partial charge >= 0.3 is 6.18 Å². The third-order valence-corrected chi connectivity index (χ3v) is 4.03. The molecule has 2 N–H and O–H groups in total. The van der Waals surface area contributed by atoms with E-state index in [2.05, 4.69) is 10.6 Å². The Bertz CT molecular complexity index is 554. The third kappa shape index (κ3) is 5.22. The van der Waals surface area contributed by atoms with Gasteiger partial charge in [-0.05, 0) is 24.1 Å². The van der Waals surface area contributed by atoms with Gasteiger partial charge in [0.05, 0.1) is 11.8 Å². The zero-order chi connectivity index (χ0) is 16.3. The summed E-state index contributed by atoms with van der Waals surface area (Å²) >= 11 is 5.84. The van der Waals surface area contributed by atoms with E-state index in [-0.39, 0.29) is 37.1 Å². The van der Waals surface area contributed by atoms with Gasteiger partial charge in [-0.1, -0.05) is 17.7 Å². The van der Waals surface area contributed by atoms with Crippen molar-refractivity contribution in [3.8, 4) is 0 Å². The Kier molecular flexibility index (Phi) is 7.10. The van der Waals surface area contributed by atoms with E-state index in [1.165, 1.54) is 12.1 Å². The quantitative estimate of drug-likeness (QED) is 0.795. The predicted molar refractivity (Wildman–Crippen MR) is 81.3 cm³/mol. The summed E-state index contributed by atoms with van der Waals surface area (Å²) < 4.78 is 51.2. The van der Waals surface area contributed by atoms with Gasteiger partial charge in [0, 0.05) is 24.7 Å². The maximum Gasteiger partial charge on any atom is 0.393 e. The lowest BCUT2D eigenvalue weighted by atomic mass is 9.94. The van der Waals surface area contributed by atoms with Crippen LogP contribution in [-0.2, 0) is 11.2 Å². The van der Waals surface area contributed by atoms with Crippen molar-refractivity contribution in [3.05, 3.63) is 34.6 Å². The first kappa shape index (κ1) is 20.0. The van der Waals surface area contributed by atoms with E-state index in [1.807, 2.05) is 0 Å². The molecule has 9 heteroatoms. The molecule has 1 saturated heterocycles. The zero-order valence-electron chi connectivity index (χ0n) is 11.9. The van der Waals surface area contributed by atoms with E-state index in [0.717, 1.165) is 6.07 Å². The number of amides is 1. The minimum atomic E-state index is -4.40. The van der Waals surface area contributed by atoms with Gasteiger partial charge in [-0.3, -0.25) is 4.79 Å². The van der Waals surface area contributed by atoms with Gasteiger partial charge in [-0.2, -0.15) is 13.2 Å². The fourth-order valence-corrected chi connectivity index (χ4v) is 2.74. The van der Waals surface area contributed by atoms with Crippen molar-refractivity contribution in [2.75, 3.05) is 19.6 Å². The summed E-state index contributed by atoms with van der Waals surface area (Å²) in [5.41, 5.74) is 0.625.